The van der Waals surface area contributed by atoms with Gasteiger partial charge in [0.1, 0.15) is 0 Å². The summed E-state index contributed by atoms with van der Waals surface area (Å²) >= 11 is 3.17. The fourth-order valence-electron chi connectivity index (χ4n) is 1.44. The lowest BCUT2D eigenvalue weighted by molar-refractivity contribution is -0.145. The molecule has 0 bridgehead atoms. The van der Waals surface area contributed by atoms with Crippen molar-refractivity contribution in [2.24, 2.45) is 0 Å². The molecule has 6 heteroatoms. The summed E-state index contributed by atoms with van der Waals surface area (Å²) in [6.07, 6.45) is -5.87. The van der Waals surface area contributed by atoms with Crippen LogP contribution in [0.25, 0.3) is 0 Å². The fraction of sp³-hybridized carbons (Fsp3) is 0.364. The molecular formula is C11H10BrF3O2. The van der Waals surface area contributed by atoms with Crippen molar-refractivity contribution in [3.63, 3.8) is 0 Å². The van der Waals surface area contributed by atoms with Crippen LogP contribution in [-0.2, 0) is 4.79 Å². The molecule has 1 aromatic rings. The van der Waals surface area contributed by atoms with E-state index in [0.29, 0.717) is 5.56 Å². The van der Waals surface area contributed by atoms with E-state index < -0.39 is 30.9 Å². The Hall–Kier alpha value is -1.04. The Labute approximate surface area is 105 Å². The second kappa shape index (κ2) is 5.53. The first-order valence-corrected chi connectivity index (χ1v) is 5.64. The highest BCUT2D eigenvalue weighted by molar-refractivity contribution is 9.10. The van der Waals surface area contributed by atoms with Crippen LogP contribution in [0.3, 0.4) is 0 Å². The Kier molecular flexibility index (Phi) is 4.56. The SMILES string of the molecule is O=C(O)C(CCC(F)(F)F)c1ccc(Br)cc1. The minimum absolute atomic E-state index is 0.380. The van der Waals surface area contributed by atoms with E-state index in [4.69, 9.17) is 5.11 Å². The van der Waals surface area contributed by atoms with Gasteiger partial charge in [0.25, 0.3) is 0 Å². The van der Waals surface area contributed by atoms with Crippen molar-refractivity contribution in [3.8, 4) is 0 Å². The van der Waals surface area contributed by atoms with Gasteiger partial charge in [-0.25, -0.2) is 0 Å². The van der Waals surface area contributed by atoms with Gasteiger partial charge in [-0.3, -0.25) is 4.79 Å². The Morgan fingerprint density at radius 2 is 1.82 bits per heavy atom. The van der Waals surface area contributed by atoms with Crippen molar-refractivity contribution in [3.05, 3.63) is 34.3 Å². The minimum atomic E-state index is -4.33. The molecule has 0 saturated heterocycles. The molecule has 0 heterocycles. The van der Waals surface area contributed by atoms with Gasteiger partial charge in [0.15, 0.2) is 0 Å². The molecular weight excluding hydrogens is 301 g/mol. The van der Waals surface area contributed by atoms with Gasteiger partial charge >= 0.3 is 12.1 Å². The van der Waals surface area contributed by atoms with Gasteiger partial charge < -0.3 is 5.11 Å². The fourth-order valence-corrected chi connectivity index (χ4v) is 1.70. The van der Waals surface area contributed by atoms with E-state index >= 15 is 0 Å². The molecule has 1 unspecified atom stereocenters. The van der Waals surface area contributed by atoms with Crippen LogP contribution in [0.1, 0.15) is 24.3 Å². The Morgan fingerprint density at radius 3 is 2.24 bits per heavy atom. The van der Waals surface area contributed by atoms with Crippen LogP contribution in [0.4, 0.5) is 13.2 Å². The normalized spacial score (nSPS) is 13.4. The Morgan fingerprint density at radius 1 is 1.29 bits per heavy atom. The van der Waals surface area contributed by atoms with Crippen LogP contribution in [0.15, 0.2) is 28.7 Å². The van der Waals surface area contributed by atoms with E-state index in [1.165, 1.54) is 12.1 Å². The third kappa shape index (κ3) is 4.77. The van der Waals surface area contributed by atoms with Gasteiger partial charge in [0, 0.05) is 10.9 Å². The topological polar surface area (TPSA) is 37.3 Å². The summed E-state index contributed by atoms with van der Waals surface area (Å²) in [6, 6.07) is 6.25. The molecule has 0 fully saturated rings. The summed E-state index contributed by atoms with van der Waals surface area (Å²) < 4.78 is 36.9. The maximum Gasteiger partial charge on any atom is 0.389 e. The zero-order valence-electron chi connectivity index (χ0n) is 8.67. The predicted molar refractivity (Wildman–Crippen MR) is 59.8 cm³/mol. The molecule has 0 aliphatic heterocycles. The molecule has 1 rings (SSSR count). The quantitative estimate of drug-likeness (QED) is 0.914. The third-order valence-electron chi connectivity index (χ3n) is 2.29. The maximum absolute atomic E-state index is 12.1. The zero-order chi connectivity index (χ0) is 13.1. The lowest BCUT2D eigenvalue weighted by Gasteiger charge is -2.14. The molecule has 0 saturated carbocycles. The van der Waals surface area contributed by atoms with Crippen LogP contribution < -0.4 is 0 Å². The Balaban J connectivity index is 2.79. The van der Waals surface area contributed by atoms with Crippen LogP contribution >= 0.6 is 15.9 Å². The molecule has 17 heavy (non-hydrogen) atoms. The van der Waals surface area contributed by atoms with Gasteiger partial charge in [-0.15, -0.1) is 0 Å². The number of carbonyl (C=O) groups is 1. The molecule has 0 radical (unpaired) electrons. The van der Waals surface area contributed by atoms with E-state index in [9.17, 15) is 18.0 Å². The number of rotatable bonds is 4. The van der Waals surface area contributed by atoms with Crippen LogP contribution in [-0.4, -0.2) is 17.3 Å². The molecule has 0 amide bonds. The first-order chi connectivity index (χ1) is 7.79. The molecule has 0 aliphatic rings. The van der Waals surface area contributed by atoms with Gasteiger partial charge in [-0.1, -0.05) is 28.1 Å². The van der Waals surface area contributed by atoms with Gasteiger partial charge in [0.05, 0.1) is 5.92 Å². The molecule has 0 aromatic heterocycles. The van der Waals surface area contributed by atoms with Crippen molar-refractivity contribution in [1.29, 1.82) is 0 Å². The third-order valence-corrected chi connectivity index (χ3v) is 2.82. The number of hydrogen-bond donors (Lipinski definition) is 1. The number of aliphatic carboxylic acids is 1. The molecule has 1 atom stereocenters. The average Bonchev–Trinajstić information content (AvgIpc) is 2.18. The number of halogens is 4. The number of carboxylic acid groups (broad SMARTS) is 1. The second-order valence-electron chi connectivity index (χ2n) is 3.60. The number of alkyl halides is 3. The summed E-state index contributed by atoms with van der Waals surface area (Å²) in [7, 11) is 0. The van der Waals surface area contributed by atoms with Gasteiger partial charge in [-0.05, 0) is 24.1 Å². The largest absolute Gasteiger partial charge is 0.481 e. The maximum atomic E-state index is 12.1. The number of hydrogen-bond acceptors (Lipinski definition) is 1. The lowest BCUT2D eigenvalue weighted by atomic mass is 9.94. The summed E-state index contributed by atoms with van der Waals surface area (Å²) in [6.45, 7) is 0. The van der Waals surface area contributed by atoms with Crippen molar-refractivity contribution in [2.75, 3.05) is 0 Å². The first-order valence-electron chi connectivity index (χ1n) is 4.84. The van der Waals surface area contributed by atoms with E-state index in [1.807, 2.05) is 0 Å². The second-order valence-corrected chi connectivity index (χ2v) is 4.51. The number of carboxylic acids is 1. The van der Waals surface area contributed by atoms with Crippen molar-refractivity contribution >= 4 is 21.9 Å². The molecule has 0 aliphatic carbocycles. The highest BCUT2D eigenvalue weighted by Crippen LogP contribution is 2.29. The summed E-state index contributed by atoms with van der Waals surface area (Å²) in [5.41, 5.74) is 0.380. The molecule has 1 N–H and O–H groups in total. The van der Waals surface area contributed by atoms with E-state index in [2.05, 4.69) is 15.9 Å². The Bertz CT molecular complexity index is 387. The zero-order valence-corrected chi connectivity index (χ0v) is 10.3. The van der Waals surface area contributed by atoms with Gasteiger partial charge in [-0.2, -0.15) is 13.2 Å². The standard InChI is InChI=1S/C11H10BrF3O2/c12-8-3-1-7(2-4-8)9(10(16)17)5-6-11(13,14)15/h1-4,9H,5-6H2,(H,16,17). The highest BCUT2D eigenvalue weighted by atomic mass is 79.9. The summed E-state index contributed by atoms with van der Waals surface area (Å²) in [5, 5.41) is 8.91. The number of benzene rings is 1. The van der Waals surface area contributed by atoms with Crippen molar-refractivity contribution in [1.82, 2.24) is 0 Å². The summed E-state index contributed by atoms with van der Waals surface area (Å²) in [5.74, 6) is -2.36. The van der Waals surface area contributed by atoms with E-state index in [0.717, 1.165) is 4.47 Å². The van der Waals surface area contributed by atoms with Crippen molar-refractivity contribution < 1.29 is 23.1 Å². The monoisotopic (exact) mass is 310 g/mol. The lowest BCUT2D eigenvalue weighted by Crippen LogP contribution is -2.16. The average molecular weight is 311 g/mol. The van der Waals surface area contributed by atoms with Crippen LogP contribution in [0, 0.1) is 0 Å². The first kappa shape index (κ1) is 14.0. The smallest absolute Gasteiger partial charge is 0.389 e. The highest BCUT2D eigenvalue weighted by Gasteiger charge is 2.31. The predicted octanol–water partition coefficient (Wildman–Crippen LogP) is 3.96. The minimum Gasteiger partial charge on any atom is -0.481 e. The molecule has 94 valence electrons. The van der Waals surface area contributed by atoms with E-state index in [-0.39, 0.29) is 0 Å². The van der Waals surface area contributed by atoms with Gasteiger partial charge in [0.2, 0.25) is 0 Å². The van der Waals surface area contributed by atoms with Crippen LogP contribution in [0.5, 0.6) is 0 Å². The van der Waals surface area contributed by atoms with E-state index in [1.54, 1.807) is 12.1 Å². The summed E-state index contributed by atoms with van der Waals surface area (Å²) in [4.78, 5) is 10.9. The van der Waals surface area contributed by atoms with Crippen molar-refractivity contribution in [2.45, 2.75) is 24.9 Å². The molecule has 2 nitrogen and oxygen atoms in total. The molecule has 1 aromatic carbocycles. The molecule has 0 spiro atoms. The van der Waals surface area contributed by atoms with Crippen LogP contribution in [0.2, 0.25) is 0 Å².